The van der Waals surface area contributed by atoms with Crippen LogP contribution in [0.2, 0.25) is 0 Å². The summed E-state index contributed by atoms with van der Waals surface area (Å²) in [6.45, 7) is 7.72. The molecule has 2 aromatic rings. The highest BCUT2D eigenvalue weighted by Crippen LogP contribution is 2.33. The van der Waals surface area contributed by atoms with Crippen LogP contribution in [0, 0.1) is 11.3 Å². The number of benzene rings is 1. The number of hydrogen-bond donors (Lipinski definition) is 0. The maximum absolute atomic E-state index is 8.97. The van der Waals surface area contributed by atoms with Gasteiger partial charge in [-0.2, -0.15) is 5.26 Å². The zero-order valence-corrected chi connectivity index (χ0v) is 17.7. The van der Waals surface area contributed by atoms with E-state index in [0.29, 0.717) is 6.42 Å². The number of anilines is 1. The van der Waals surface area contributed by atoms with E-state index >= 15 is 0 Å². The Balaban J connectivity index is 1.71. The molecule has 0 spiro atoms. The Morgan fingerprint density at radius 2 is 1.69 bits per heavy atom. The second kappa shape index (κ2) is 9.41. The highest BCUT2D eigenvalue weighted by atomic mass is 15.3. The molecule has 1 aromatic heterocycles. The van der Waals surface area contributed by atoms with Crippen molar-refractivity contribution in [2.75, 3.05) is 37.6 Å². The average molecular weight is 389 g/mol. The molecular weight excluding hydrogens is 356 g/mol. The van der Waals surface area contributed by atoms with E-state index in [1.807, 2.05) is 0 Å². The van der Waals surface area contributed by atoms with E-state index in [4.69, 9.17) is 10.2 Å². The van der Waals surface area contributed by atoms with Gasteiger partial charge in [0, 0.05) is 31.9 Å². The summed E-state index contributed by atoms with van der Waals surface area (Å²) in [6, 6.07) is 13.2. The van der Waals surface area contributed by atoms with E-state index < -0.39 is 0 Å². The Morgan fingerprint density at radius 1 is 0.966 bits per heavy atom. The SMILES string of the molecule is CCN1CCN(c2cc(-c3ccc(CC#N)cc3)c3c(n2)CCCCCC3)CC1. The summed E-state index contributed by atoms with van der Waals surface area (Å²) in [7, 11) is 0. The first-order valence-corrected chi connectivity index (χ1v) is 11.2. The molecule has 0 N–H and O–H groups in total. The van der Waals surface area contributed by atoms with Crippen molar-refractivity contribution in [1.29, 1.82) is 5.26 Å². The van der Waals surface area contributed by atoms with Gasteiger partial charge in [-0.05, 0) is 60.5 Å². The molecule has 1 saturated heterocycles. The van der Waals surface area contributed by atoms with Crippen molar-refractivity contribution in [1.82, 2.24) is 9.88 Å². The number of nitriles is 1. The number of nitrogens with zero attached hydrogens (tertiary/aromatic N) is 4. The van der Waals surface area contributed by atoms with Crippen LogP contribution < -0.4 is 4.90 Å². The van der Waals surface area contributed by atoms with Crippen molar-refractivity contribution in [3.63, 3.8) is 0 Å². The molecule has 2 aliphatic rings. The second-order valence-electron chi connectivity index (χ2n) is 8.32. The Hall–Kier alpha value is -2.38. The third kappa shape index (κ3) is 4.62. The number of pyridine rings is 1. The van der Waals surface area contributed by atoms with Gasteiger partial charge in [-0.3, -0.25) is 0 Å². The van der Waals surface area contributed by atoms with Gasteiger partial charge in [-0.1, -0.05) is 44.0 Å². The van der Waals surface area contributed by atoms with Crippen molar-refractivity contribution in [2.45, 2.75) is 51.9 Å². The number of aromatic nitrogens is 1. The van der Waals surface area contributed by atoms with Gasteiger partial charge in [0.1, 0.15) is 5.82 Å². The average Bonchev–Trinajstić information content (AvgIpc) is 2.75. The highest BCUT2D eigenvalue weighted by Gasteiger charge is 2.21. The molecule has 4 heteroatoms. The fourth-order valence-corrected chi connectivity index (χ4v) is 4.65. The molecule has 0 atom stereocenters. The third-order valence-electron chi connectivity index (χ3n) is 6.48. The highest BCUT2D eigenvalue weighted by molar-refractivity contribution is 5.72. The molecule has 4 nitrogen and oxygen atoms in total. The van der Waals surface area contributed by atoms with Crippen LogP contribution in [0.3, 0.4) is 0 Å². The molecule has 0 unspecified atom stereocenters. The first-order valence-electron chi connectivity index (χ1n) is 11.2. The van der Waals surface area contributed by atoms with Crippen molar-refractivity contribution in [2.24, 2.45) is 0 Å². The van der Waals surface area contributed by atoms with Crippen LogP contribution in [-0.4, -0.2) is 42.6 Å². The smallest absolute Gasteiger partial charge is 0.129 e. The number of piperazine rings is 1. The molecule has 1 aromatic carbocycles. The van der Waals surface area contributed by atoms with E-state index in [9.17, 15) is 0 Å². The minimum Gasteiger partial charge on any atom is -0.354 e. The number of rotatable bonds is 4. The summed E-state index contributed by atoms with van der Waals surface area (Å²) in [5.41, 5.74) is 6.47. The quantitative estimate of drug-likeness (QED) is 0.767. The number of likely N-dealkylation sites (N-methyl/N-ethyl adjacent to an activating group) is 1. The number of fused-ring (bicyclic) bond motifs is 1. The fraction of sp³-hybridized carbons (Fsp3) is 0.520. The lowest BCUT2D eigenvalue weighted by molar-refractivity contribution is 0.270. The van der Waals surface area contributed by atoms with Gasteiger partial charge in [0.15, 0.2) is 0 Å². The Labute approximate surface area is 175 Å². The van der Waals surface area contributed by atoms with Crippen LogP contribution in [0.1, 0.15) is 49.4 Å². The fourth-order valence-electron chi connectivity index (χ4n) is 4.65. The summed E-state index contributed by atoms with van der Waals surface area (Å²) in [4.78, 5) is 10.2. The van der Waals surface area contributed by atoms with Crippen molar-refractivity contribution < 1.29 is 0 Å². The molecule has 0 radical (unpaired) electrons. The topological polar surface area (TPSA) is 43.2 Å². The van der Waals surface area contributed by atoms with Gasteiger partial charge in [0.25, 0.3) is 0 Å². The van der Waals surface area contributed by atoms with Gasteiger partial charge >= 0.3 is 0 Å². The van der Waals surface area contributed by atoms with Crippen molar-refractivity contribution in [3.8, 4) is 17.2 Å². The molecule has 1 fully saturated rings. The molecule has 152 valence electrons. The zero-order chi connectivity index (χ0) is 20.1. The van der Waals surface area contributed by atoms with Gasteiger partial charge in [0.2, 0.25) is 0 Å². The van der Waals surface area contributed by atoms with E-state index in [0.717, 1.165) is 56.9 Å². The van der Waals surface area contributed by atoms with Crippen molar-refractivity contribution in [3.05, 3.63) is 47.2 Å². The minimum absolute atomic E-state index is 0.474. The predicted molar refractivity (Wildman–Crippen MR) is 119 cm³/mol. The predicted octanol–water partition coefficient (Wildman–Crippen LogP) is 4.62. The summed E-state index contributed by atoms with van der Waals surface area (Å²) in [5.74, 6) is 1.15. The lowest BCUT2D eigenvalue weighted by Gasteiger charge is -2.35. The van der Waals surface area contributed by atoms with Gasteiger partial charge < -0.3 is 9.80 Å². The summed E-state index contributed by atoms with van der Waals surface area (Å²) < 4.78 is 0. The van der Waals surface area contributed by atoms with Crippen LogP contribution in [0.15, 0.2) is 30.3 Å². The van der Waals surface area contributed by atoms with Crippen LogP contribution in [-0.2, 0) is 19.3 Å². The molecule has 0 saturated carbocycles. The van der Waals surface area contributed by atoms with Crippen LogP contribution in [0.5, 0.6) is 0 Å². The summed E-state index contributed by atoms with van der Waals surface area (Å²) >= 11 is 0. The Morgan fingerprint density at radius 3 is 2.38 bits per heavy atom. The van der Waals surface area contributed by atoms with Gasteiger partial charge in [-0.25, -0.2) is 4.98 Å². The normalized spacial score (nSPS) is 17.9. The third-order valence-corrected chi connectivity index (χ3v) is 6.48. The Bertz CT molecular complexity index is 858. The summed E-state index contributed by atoms with van der Waals surface area (Å²) in [5, 5.41) is 8.97. The number of hydrogen-bond acceptors (Lipinski definition) is 4. The summed E-state index contributed by atoms with van der Waals surface area (Å²) in [6.07, 6.45) is 7.83. The molecule has 0 bridgehead atoms. The van der Waals surface area contributed by atoms with E-state index in [2.05, 4.69) is 53.1 Å². The number of aryl methyl sites for hydroxylation is 1. The largest absolute Gasteiger partial charge is 0.354 e. The van der Waals surface area contributed by atoms with Gasteiger partial charge in [0.05, 0.1) is 12.5 Å². The molecular formula is C25H32N4. The molecule has 1 aliphatic carbocycles. The molecule has 29 heavy (non-hydrogen) atoms. The van der Waals surface area contributed by atoms with E-state index in [-0.39, 0.29) is 0 Å². The monoisotopic (exact) mass is 388 g/mol. The van der Waals surface area contributed by atoms with Crippen LogP contribution >= 0.6 is 0 Å². The van der Waals surface area contributed by atoms with E-state index in [1.54, 1.807) is 0 Å². The first kappa shape index (κ1) is 19.9. The Kier molecular flexibility index (Phi) is 6.46. The van der Waals surface area contributed by atoms with Crippen molar-refractivity contribution >= 4 is 5.82 Å². The zero-order valence-electron chi connectivity index (χ0n) is 17.7. The standard InChI is InChI=1S/C25H32N4/c1-2-28-15-17-29(18-16-28)25-19-23(21-11-9-20(10-12-21)13-14-26)22-7-5-3-4-6-8-24(22)27-25/h9-12,19H,2-8,13,15-18H2,1H3. The lowest BCUT2D eigenvalue weighted by Crippen LogP contribution is -2.46. The lowest BCUT2D eigenvalue weighted by atomic mass is 9.90. The maximum Gasteiger partial charge on any atom is 0.129 e. The second-order valence-corrected chi connectivity index (χ2v) is 8.32. The molecule has 2 heterocycles. The van der Waals surface area contributed by atoms with Gasteiger partial charge in [-0.15, -0.1) is 0 Å². The van der Waals surface area contributed by atoms with Crippen LogP contribution in [0.25, 0.3) is 11.1 Å². The van der Waals surface area contributed by atoms with Crippen LogP contribution in [0.4, 0.5) is 5.82 Å². The molecule has 1 aliphatic heterocycles. The first-order chi connectivity index (χ1) is 14.3. The van der Waals surface area contributed by atoms with E-state index in [1.165, 1.54) is 48.1 Å². The molecule has 4 rings (SSSR count). The minimum atomic E-state index is 0.474. The maximum atomic E-state index is 8.97. The molecule has 0 amide bonds.